The molecule has 3 heterocycles. The smallest absolute Gasteiger partial charge is 0.305 e. The maximum absolute atomic E-state index is 13.6. The van der Waals surface area contributed by atoms with Crippen molar-refractivity contribution in [3.63, 3.8) is 0 Å². The van der Waals surface area contributed by atoms with Crippen molar-refractivity contribution in [1.29, 1.82) is 0 Å². The number of ether oxygens (including phenoxy) is 1. The molecule has 31 heavy (non-hydrogen) atoms. The average molecular weight is 455 g/mol. The Bertz CT molecular complexity index is 1220. The third kappa shape index (κ3) is 3.24. The molecule has 2 aromatic carbocycles. The number of aromatic nitrogens is 1. The SMILES string of the molecule is CCOc1ccc(N2C(=O)C3Sc4[nH]c(=O)sc4C(c4ccc(O)cc4)C3C2=O)cc1. The Hall–Kier alpha value is -3.04. The minimum absolute atomic E-state index is 0.109. The van der Waals surface area contributed by atoms with E-state index >= 15 is 0 Å². The van der Waals surface area contributed by atoms with Crippen LogP contribution in [0.4, 0.5) is 5.69 Å². The Balaban J connectivity index is 1.58. The highest BCUT2D eigenvalue weighted by molar-refractivity contribution is 8.00. The van der Waals surface area contributed by atoms with Crippen LogP contribution in [0.15, 0.2) is 58.4 Å². The van der Waals surface area contributed by atoms with E-state index in [0.717, 1.165) is 21.8 Å². The third-order valence-electron chi connectivity index (χ3n) is 5.48. The molecule has 3 atom stereocenters. The molecule has 3 aromatic rings. The minimum Gasteiger partial charge on any atom is -0.508 e. The van der Waals surface area contributed by atoms with Gasteiger partial charge in [0.1, 0.15) is 16.7 Å². The topological polar surface area (TPSA) is 99.7 Å². The van der Waals surface area contributed by atoms with Gasteiger partial charge in [0, 0.05) is 10.8 Å². The predicted octanol–water partition coefficient (Wildman–Crippen LogP) is 3.34. The lowest BCUT2D eigenvalue weighted by Gasteiger charge is -2.29. The molecule has 0 aliphatic carbocycles. The van der Waals surface area contributed by atoms with Gasteiger partial charge in [-0.2, -0.15) is 0 Å². The number of nitrogens with zero attached hydrogens (tertiary/aromatic N) is 1. The quantitative estimate of drug-likeness (QED) is 0.587. The second-order valence-corrected chi connectivity index (χ2v) is 9.45. The number of benzene rings is 2. The molecule has 0 bridgehead atoms. The Morgan fingerprint density at radius 1 is 1.03 bits per heavy atom. The zero-order valence-electron chi connectivity index (χ0n) is 16.4. The summed E-state index contributed by atoms with van der Waals surface area (Å²) in [6, 6.07) is 13.4. The normalized spacial score (nSPS) is 22.4. The largest absolute Gasteiger partial charge is 0.508 e. The van der Waals surface area contributed by atoms with E-state index in [-0.39, 0.29) is 22.4 Å². The summed E-state index contributed by atoms with van der Waals surface area (Å²) in [6.45, 7) is 2.41. The van der Waals surface area contributed by atoms with Crippen LogP contribution in [0, 0.1) is 5.92 Å². The van der Waals surface area contributed by atoms with E-state index in [4.69, 9.17) is 4.74 Å². The number of hydrogen-bond acceptors (Lipinski definition) is 7. The van der Waals surface area contributed by atoms with Crippen LogP contribution in [0.2, 0.25) is 0 Å². The number of thiazole rings is 1. The van der Waals surface area contributed by atoms with Gasteiger partial charge < -0.3 is 14.8 Å². The number of thioether (sulfide) groups is 1. The van der Waals surface area contributed by atoms with E-state index in [0.29, 0.717) is 23.1 Å². The van der Waals surface area contributed by atoms with Crippen molar-refractivity contribution >= 4 is 40.6 Å². The third-order valence-corrected chi connectivity index (χ3v) is 7.88. The van der Waals surface area contributed by atoms with Crippen molar-refractivity contribution in [3.8, 4) is 11.5 Å². The van der Waals surface area contributed by atoms with Crippen LogP contribution in [0.25, 0.3) is 0 Å². The molecule has 2 N–H and O–H groups in total. The van der Waals surface area contributed by atoms with Gasteiger partial charge in [0.15, 0.2) is 0 Å². The Labute approximate surface area is 185 Å². The summed E-state index contributed by atoms with van der Waals surface area (Å²) in [4.78, 5) is 43.5. The van der Waals surface area contributed by atoms with Crippen LogP contribution in [-0.2, 0) is 9.59 Å². The van der Waals surface area contributed by atoms with Gasteiger partial charge in [-0.25, -0.2) is 4.90 Å². The van der Waals surface area contributed by atoms with Crippen LogP contribution < -0.4 is 14.5 Å². The van der Waals surface area contributed by atoms with Crippen LogP contribution in [0.1, 0.15) is 23.3 Å². The first-order valence-electron chi connectivity index (χ1n) is 9.77. The molecule has 5 rings (SSSR count). The van der Waals surface area contributed by atoms with E-state index < -0.39 is 17.1 Å². The van der Waals surface area contributed by atoms with Crippen molar-refractivity contribution in [2.75, 3.05) is 11.5 Å². The highest BCUT2D eigenvalue weighted by Crippen LogP contribution is 2.53. The first kappa shape index (κ1) is 19.9. The van der Waals surface area contributed by atoms with Crippen molar-refractivity contribution in [2.24, 2.45) is 5.92 Å². The fourth-order valence-corrected chi connectivity index (χ4v) is 6.69. The molecule has 0 spiro atoms. The van der Waals surface area contributed by atoms with Crippen molar-refractivity contribution in [1.82, 2.24) is 4.98 Å². The Morgan fingerprint density at radius 3 is 2.42 bits per heavy atom. The predicted molar refractivity (Wildman–Crippen MR) is 118 cm³/mol. The summed E-state index contributed by atoms with van der Waals surface area (Å²) in [5.41, 5.74) is 1.27. The van der Waals surface area contributed by atoms with Crippen LogP contribution in [0.5, 0.6) is 11.5 Å². The molecule has 1 saturated heterocycles. The summed E-state index contributed by atoms with van der Waals surface area (Å²) >= 11 is 2.30. The van der Waals surface area contributed by atoms with Gasteiger partial charge in [-0.1, -0.05) is 35.2 Å². The van der Waals surface area contributed by atoms with Crippen molar-refractivity contribution in [2.45, 2.75) is 23.1 Å². The number of carbonyl (C=O) groups is 2. The number of hydrogen-bond donors (Lipinski definition) is 2. The second-order valence-electron chi connectivity index (χ2n) is 7.28. The maximum Gasteiger partial charge on any atom is 0.305 e. The fraction of sp³-hybridized carbons (Fsp3) is 0.227. The lowest BCUT2D eigenvalue weighted by Crippen LogP contribution is -2.32. The Kier molecular flexibility index (Phi) is 4.86. The summed E-state index contributed by atoms with van der Waals surface area (Å²) in [7, 11) is 0. The van der Waals surface area contributed by atoms with Gasteiger partial charge >= 0.3 is 4.87 Å². The molecule has 1 aromatic heterocycles. The van der Waals surface area contributed by atoms with Gasteiger partial charge in [0.05, 0.1) is 23.2 Å². The van der Waals surface area contributed by atoms with E-state index in [1.807, 2.05) is 6.92 Å². The van der Waals surface area contributed by atoms with Gasteiger partial charge in [-0.05, 0) is 48.9 Å². The molecule has 9 heteroatoms. The Morgan fingerprint density at radius 2 is 1.74 bits per heavy atom. The number of fused-ring (bicyclic) bond motifs is 2. The molecule has 158 valence electrons. The zero-order chi connectivity index (χ0) is 21.7. The molecule has 3 unspecified atom stereocenters. The molecule has 0 radical (unpaired) electrons. The number of aromatic amines is 1. The van der Waals surface area contributed by atoms with Crippen LogP contribution in [-0.4, -0.2) is 33.8 Å². The zero-order valence-corrected chi connectivity index (χ0v) is 18.0. The first-order chi connectivity index (χ1) is 15.0. The number of aromatic hydroxyl groups is 1. The maximum atomic E-state index is 13.6. The van der Waals surface area contributed by atoms with Crippen LogP contribution in [0.3, 0.4) is 0 Å². The first-order valence-corrected chi connectivity index (χ1v) is 11.5. The lowest BCUT2D eigenvalue weighted by atomic mass is 9.83. The highest BCUT2D eigenvalue weighted by atomic mass is 32.2. The number of imide groups is 1. The van der Waals surface area contributed by atoms with E-state index in [9.17, 15) is 19.5 Å². The van der Waals surface area contributed by atoms with Crippen molar-refractivity contribution < 1.29 is 19.4 Å². The molecule has 2 aliphatic heterocycles. The number of phenolic OH excluding ortho intramolecular Hbond substituents is 1. The van der Waals surface area contributed by atoms with Gasteiger partial charge in [-0.3, -0.25) is 14.4 Å². The molecular weight excluding hydrogens is 436 g/mol. The number of nitrogens with one attached hydrogen (secondary N) is 1. The monoisotopic (exact) mass is 454 g/mol. The summed E-state index contributed by atoms with van der Waals surface area (Å²) in [6.07, 6.45) is 0. The average Bonchev–Trinajstić information content (AvgIpc) is 3.25. The number of rotatable bonds is 4. The standard InChI is InChI=1S/C22H18N2O5S2/c1-2-29-14-9-5-12(6-10-14)24-20(26)16-15(11-3-7-13(25)8-4-11)17-19(23-22(28)31-17)30-18(16)21(24)27/h3-10,15-16,18,25H,2H2,1H3,(H,23,28). The molecule has 7 nitrogen and oxygen atoms in total. The molecule has 0 saturated carbocycles. The van der Waals surface area contributed by atoms with Gasteiger partial charge in [0.25, 0.3) is 0 Å². The molecule has 2 aliphatic rings. The van der Waals surface area contributed by atoms with Crippen molar-refractivity contribution in [3.05, 3.63) is 68.6 Å². The van der Waals surface area contributed by atoms with E-state index in [1.54, 1.807) is 48.5 Å². The number of carbonyl (C=O) groups excluding carboxylic acids is 2. The summed E-state index contributed by atoms with van der Waals surface area (Å²) < 4.78 is 5.45. The summed E-state index contributed by atoms with van der Waals surface area (Å²) in [5.74, 6) is -0.916. The summed E-state index contributed by atoms with van der Waals surface area (Å²) in [5, 5.41) is 9.68. The van der Waals surface area contributed by atoms with E-state index in [2.05, 4.69) is 4.98 Å². The number of H-pyrrole nitrogens is 1. The van der Waals surface area contributed by atoms with Gasteiger partial charge in [-0.15, -0.1) is 0 Å². The highest BCUT2D eigenvalue weighted by Gasteiger charge is 2.56. The molecule has 2 amide bonds. The molecular formula is C22H18N2O5S2. The second kappa shape index (κ2) is 7.58. The van der Waals surface area contributed by atoms with E-state index in [1.165, 1.54) is 16.7 Å². The number of anilines is 1. The fourth-order valence-electron chi connectivity index (χ4n) is 4.17. The van der Waals surface area contributed by atoms with Crippen LogP contribution >= 0.6 is 23.1 Å². The number of phenols is 1. The lowest BCUT2D eigenvalue weighted by molar-refractivity contribution is -0.122. The minimum atomic E-state index is -0.646. The molecule has 1 fully saturated rings. The number of amides is 2. The van der Waals surface area contributed by atoms with Gasteiger partial charge in [0.2, 0.25) is 11.8 Å².